The summed E-state index contributed by atoms with van der Waals surface area (Å²) in [6, 6.07) is 78.4. The highest BCUT2D eigenvalue weighted by Gasteiger charge is 2.71. The molecule has 316 valence electrons. The van der Waals surface area contributed by atoms with Crippen LogP contribution in [0.1, 0.15) is 5.56 Å². The Kier molecular flexibility index (Phi) is 7.83. The van der Waals surface area contributed by atoms with Gasteiger partial charge >= 0.3 is 0 Å². The number of rotatable bonds is 5. The van der Waals surface area contributed by atoms with Crippen molar-refractivity contribution in [2.75, 3.05) is 4.90 Å². The monoisotopic (exact) mass is 863 g/mol. The fraction of sp³-hybridized carbons (Fsp3) is 0.0462. The van der Waals surface area contributed by atoms with Crippen molar-refractivity contribution in [3.63, 3.8) is 0 Å². The van der Waals surface area contributed by atoms with Crippen molar-refractivity contribution >= 4 is 54.6 Å². The summed E-state index contributed by atoms with van der Waals surface area (Å²) in [5.41, 5.74) is 16.1. The Morgan fingerprint density at radius 2 is 0.971 bits per heavy atom. The molecule has 1 saturated carbocycles. The molecule has 0 N–H and O–H groups in total. The van der Waals surface area contributed by atoms with Gasteiger partial charge in [0.1, 0.15) is 5.84 Å². The number of benzene rings is 10. The van der Waals surface area contributed by atoms with Gasteiger partial charge in [0.15, 0.2) is 0 Å². The highest BCUT2D eigenvalue weighted by Crippen LogP contribution is 2.62. The first-order chi connectivity index (χ1) is 33.7. The van der Waals surface area contributed by atoms with Crippen LogP contribution >= 0.6 is 0 Å². The molecule has 10 aromatic carbocycles. The van der Waals surface area contributed by atoms with Crippen LogP contribution in [0.3, 0.4) is 0 Å². The average molecular weight is 864 g/mol. The first-order valence-electron chi connectivity index (χ1n) is 23.7. The first kappa shape index (κ1) is 37.5. The summed E-state index contributed by atoms with van der Waals surface area (Å²) in [6.07, 6.45) is 9.07. The van der Waals surface area contributed by atoms with Gasteiger partial charge in [0.25, 0.3) is 0 Å². The fourth-order valence-electron chi connectivity index (χ4n) is 12.0. The summed E-state index contributed by atoms with van der Waals surface area (Å²) >= 11 is 0. The normalized spacial score (nSPS) is 18.3. The van der Waals surface area contributed by atoms with Gasteiger partial charge in [-0.3, -0.25) is 4.99 Å². The van der Waals surface area contributed by atoms with Crippen LogP contribution in [-0.4, -0.2) is 22.4 Å². The van der Waals surface area contributed by atoms with E-state index in [-0.39, 0.29) is 11.6 Å². The minimum absolute atomic E-state index is 0.0867. The molecule has 3 atom stereocenters. The summed E-state index contributed by atoms with van der Waals surface area (Å²) in [7, 11) is 0. The van der Waals surface area contributed by atoms with Gasteiger partial charge < -0.3 is 4.90 Å². The van der Waals surface area contributed by atoms with Crippen LogP contribution in [0, 0.1) is 5.92 Å². The molecule has 0 radical (unpaired) electrons. The predicted octanol–water partition coefficient (Wildman–Crippen LogP) is 16.1. The number of fused-ring (bicyclic) bond motifs is 11. The van der Waals surface area contributed by atoms with Crippen molar-refractivity contribution in [3.05, 3.63) is 242 Å². The number of nitrogens with zero attached hydrogens (tertiary/aromatic N) is 3. The molecule has 0 amide bonds. The quantitative estimate of drug-likeness (QED) is 0.161. The highest BCUT2D eigenvalue weighted by atomic mass is 15.4. The predicted molar refractivity (Wildman–Crippen MR) is 284 cm³/mol. The Balaban J connectivity index is 0.875. The van der Waals surface area contributed by atoms with Gasteiger partial charge in [-0.05, 0) is 131 Å². The molecule has 2 aliphatic heterocycles. The van der Waals surface area contributed by atoms with E-state index in [1.54, 1.807) is 0 Å². The van der Waals surface area contributed by atoms with Gasteiger partial charge in [0, 0.05) is 28.2 Å². The number of aromatic nitrogens is 1. The van der Waals surface area contributed by atoms with E-state index in [0.29, 0.717) is 5.92 Å². The number of pyridine rings is 1. The van der Waals surface area contributed by atoms with Crippen LogP contribution in [0.2, 0.25) is 0 Å². The van der Waals surface area contributed by atoms with Crippen LogP contribution in [0.25, 0.3) is 110 Å². The molecule has 1 aromatic heterocycles. The number of amidine groups is 1. The maximum Gasteiger partial charge on any atom is 0.137 e. The second kappa shape index (κ2) is 14.2. The van der Waals surface area contributed by atoms with Crippen LogP contribution < -0.4 is 4.90 Å². The van der Waals surface area contributed by atoms with E-state index in [1.807, 2.05) is 0 Å². The Bertz CT molecular complexity index is 4060. The number of hydrogen-bond donors (Lipinski definition) is 0. The standard InChI is InChI=1S/C65H41N3/c1-3-14-44-36-46(29-25-40(44)12-1)42-23-27-43(28-24-42)61-51-17-5-6-18-52(51)62(49-30-26-41-13-2-4-15-45(41)37-49)56-39-48(31-33-53(56)61)59-21-11-20-58(66-59)47-32-34-54-55(38-47)50-16-7-8-22-60(50)68-64(54)67-63-57-19-9-10-35-65(57,63)68/h1-39,57,63H/t57?,63?,65-/m1/s1. The minimum atomic E-state index is -0.0867. The second-order valence-corrected chi connectivity index (χ2v) is 18.8. The third-order valence-electron chi connectivity index (χ3n) is 15.2. The van der Waals surface area contributed by atoms with Crippen molar-refractivity contribution in [2.45, 2.75) is 11.6 Å². The lowest BCUT2D eigenvalue weighted by molar-refractivity contribution is 0.776. The van der Waals surface area contributed by atoms with E-state index in [1.165, 1.54) is 98.8 Å². The SMILES string of the molecule is C1=CC2C3N=C4c5ccc(-c6cccc(-c7ccc8c(-c9ccc(-c%10ccc%11ccccc%11c%10)cc9)c9ccccc9c(-c9ccc%10ccccc%10c9)c8c7)n6)cc5-c5ccccc5N4[C@]23C=C1. The molecule has 1 fully saturated rings. The molecule has 0 saturated heterocycles. The van der Waals surface area contributed by atoms with Crippen LogP contribution in [0.4, 0.5) is 5.69 Å². The van der Waals surface area contributed by atoms with E-state index < -0.39 is 0 Å². The molecule has 0 bridgehead atoms. The molecule has 11 aromatic rings. The van der Waals surface area contributed by atoms with Crippen molar-refractivity contribution < 1.29 is 0 Å². The maximum atomic E-state index is 5.45. The largest absolute Gasteiger partial charge is 0.313 e. The third-order valence-corrected chi connectivity index (χ3v) is 15.2. The van der Waals surface area contributed by atoms with Gasteiger partial charge in [-0.25, -0.2) is 4.98 Å². The van der Waals surface area contributed by atoms with Gasteiger partial charge in [0.05, 0.1) is 28.7 Å². The molecule has 3 nitrogen and oxygen atoms in total. The van der Waals surface area contributed by atoms with Crippen LogP contribution in [0.15, 0.2) is 242 Å². The first-order valence-corrected chi connectivity index (χ1v) is 23.7. The number of allylic oxidation sites excluding steroid dienone is 2. The molecule has 2 unspecified atom stereocenters. The van der Waals surface area contributed by atoms with Crippen molar-refractivity contribution in [3.8, 4) is 67.0 Å². The Hall–Kier alpha value is -8.66. The topological polar surface area (TPSA) is 28.5 Å². The second-order valence-electron chi connectivity index (χ2n) is 18.8. The van der Waals surface area contributed by atoms with E-state index in [4.69, 9.17) is 9.98 Å². The zero-order valence-corrected chi connectivity index (χ0v) is 37.0. The molecule has 68 heavy (non-hydrogen) atoms. The summed E-state index contributed by atoms with van der Waals surface area (Å²) in [4.78, 5) is 13.3. The molecule has 2 aliphatic carbocycles. The molecule has 3 heteroatoms. The molecular weight excluding hydrogens is 823 g/mol. The highest BCUT2D eigenvalue weighted by molar-refractivity contribution is 6.24. The lowest BCUT2D eigenvalue weighted by Crippen LogP contribution is -2.43. The van der Waals surface area contributed by atoms with E-state index >= 15 is 0 Å². The average Bonchev–Trinajstić information content (AvgIpc) is 3.93. The van der Waals surface area contributed by atoms with E-state index in [2.05, 4.69) is 242 Å². The van der Waals surface area contributed by atoms with Gasteiger partial charge in [0.2, 0.25) is 0 Å². The Morgan fingerprint density at radius 1 is 0.382 bits per heavy atom. The maximum absolute atomic E-state index is 5.45. The minimum Gasteiger partial charge on any atom is -0.313 e. The zero-order chi connectivity index (χ0) is 44.5. The summed E-state index contributed by atoms with van der Waals surface area (Å²) < 4.78 is 0. The smallest absolute Gasteiger partial charge is 0.137 e. The molecule has 1 spiro atoms. The number of anilines is 1. The van der Waals surface area contributed by atoms with E-state index in [9.17, 15) is 0 Å². The Morgan fingerprint density at radius 3 is 1.75 bits per heavy atom. The number of para-hydroxylation sites is 1. The van der Waals surface area contributed by atoms with Gasteiger partial charge in [-0.1, -0.05) is 188 Å². The third kappa shape index (κ3) is 5.41. The van der Waals surface area contributed by atoms with Gasteiger partial charge in [-0.15, -0.1) is 0 Å². The van der Waals surface area contributed by atoms with Crippen LogP contribution in [0.5, 0.6) is 0 Å². The number of hydrogen-bond acceptors (Lipinski definition) is 3. The fourth-order valence-corrected chi connectivity index (χ4v) is 12.0. The van der Waals surface area contributed by atoms with E-state index in [0.717, 1.165) is 28.4 Å². The zero-order valence-electron chi connectivity index (χ0n) is 37.0. The van der Waals surface area contributed by atoms with Gasteiger partial charge in [-0.2, -0.15) is 0 Å². The lowest BCUT2D eigenvalue weighted by atomic mass is 9.84. The number of aliphatic imine (C=N–C) groups is 1. The molecule has 4 aliphatic rings. The Labute approximate surface area is 394 Å². The van der Waals surface area contributed by atoms with Crippen molar-refractivity contribution in [1.82, 2.24) is 4.98 Å². The molecule has 15 rings (SSSR count). The van der Waals surface area contributed by atoms with Crippen LogP contribution in [-0.2, 0) is 0 Å². The lowest BCUT2D eigenvalue weighted by Gasteiger charge is -2.37. The van der Waals surface area contributed by atoms with Crippen molar-refractivity contribution in [2.24, 2.45) is 10.9 Å². The van der Waals surface area contributed by atoms with Crippen molar-refractivity contribution in [1.29, 1.82) is 0 Å². The molecular formula is C65H41N3. The summed E-state index contributed by atoms with van der Waals surface area (Å²) in [5, 5.41) is 9.84. The summed E-state index contributed by atoms with van der Waals surface area (Å²) in [5.74, 6) is 1.51. The summed E-state index contributed by atoms with van der Waals surface area (Å²) in [6.45, 7) is 0. The molecule has 3 heterocycles.